The SMILES string of the molecule is CCC(CN(C)C=O)c1ccc(OC)c2oc3ccccc3c12. The summed E-state index contributed by atoms with van der Waals surface area (Å²) in [4.78, 5) is 12.7. The lowest BCUT2D eigenvalue weighted by atomic mass is 9.91. The zero-order chi connectivity index (χ0) is 16.4. The van der Waals surface area contributed by atoms with Gasteiger partial charge in [0.05, 0.1) is 7.11 Å². The molecule has 4 heteroatoms. The number of hydrogen-bond acceptors (Lipinski definition) is 3. The van der Waals surface area contributed by atoms with Gasteiger partial charge in [0.2, 0.25) is 6.41 Å². The van der Waals surface area contributed by atoms with Crippen LogP contribution in [0.2, 0.25) is 0 Å². The van der Waals surface area contributed by atoms with E-state index in [2.05, 4.69) is 19.1 Å². The number of ether oxygens (including phenoxy) is 1. The Labute approximate surface area is 135 Å². The van der Waals surface area contributed by atoms with Crippen LogP contribution in [-0.4, -0.2) is 32.0 Å². The number of amides is 1. The molecule has 0 saturated carbocycles. The number of likely N-dealkylation sites (N-methyl/N-ethyl adjacent to an activating group) is 1. The Bertz CT molecular complexity index is 837. The Morgan fingerprint density at radius 3 is 2.74 bits per heavy atom. The third-order valence-electron chi connectivity index (χ3n) is 4.36. The predicted molar refractivity (Wildman–Crippen MR) is 92.0 cm³/mol. The van der Waals surface area contributed by atoms with Gasteiger partial charge in [0.25, 0.3) is 0 Å². The van der Waals surface area contributed by atoms with E-state index in [4.69, 9.17) is 9.15 Å². The van der Waals surface area contributed by atoms with E-state index in [1.165, 1.54) is 5.56 Å². The fourth-order valence-electron chi connectivity index (χ4n) is 3.17. The molecule has 23 heavy (non-hydrogen) atoms. The minimum atomic E-state index is 0.250. The van der Waals surface area contributed by atoms with E-state index >= 15 is 0 Å². The zero-order valence-electron chi connectivity index (χ0n) is 13.7. The third kappa shape index (κ3) is 2.65. The summed E-state index contributed by atoms with van der Waals surface area (Å²) in [5.74, 6) is 0.984. The van der Waals surface area contributed by atoms with Crippen LogP contribution in [0.1, 0.15) is 24.8 Å². The fraction of sp³-hybridized carbons (Fsp3) is 0.316. The van der Waals surface area contributed by atoms with Crippen molar-refractivity contribution in [2.45, 2.75) is 19.3 Å². The largest absolute Gasteiger partial charge is 0.493 e. The maximum Gasteiger partial charge on any atom is 0.209 e. The van der Waals surface area contributed by atoms with E-state index in [1.54, 1.807) is 12.0 Å². The fourth-order valence-corrected chi connectivity index (χ4v) is 3.17. The molecule has 1 amide bonds. The first-order valence-electron chi connectivity index (χ1n) is 7.83. The van der Waals surface area contributed by atoms with E-state index in [-0.39, 0.29) is 5.92 Å². The van der Waals surface area contributed by atoms with Crippen LogP contribution in [0.5, 0.6) is 5.75 Å². The van der Waals surface area contributed by atoms with Gasteiger partial charge in [0, 0.05) is 30.3 Å². The smallest absolute Gasteiger partial charge is 0.209 e. The van der Waals surface area contributed by atoms with Crippen molar-refractivity contribution >= 4 is 28.3 Å². The highest BCUT2D eigenvalue weighted by molar-refractivity contribution is 6.08. The first-order chi connectivity index (χ1) is 11.2. The minimum Gasteiger partial charge on any atom is -0.493 e. The van der Waals surface area contributed by atoms with E-state index in [1.807, 2.05) is 31.3 Å². The first-order valence-corrected chi connectivity index (χ1v) is 7.83. The number of rotatable bonds is 6. The van der Waals surface area contributed by atoms with Crippen molar-refractivity contribution in [2.24, 2.45) is 0 Å². The van der Waals surface area contributed by atoms with Crippen molar-refractivity contribution in [1.29, 1.82) is 0 Å². The Hall–Kier alpha value is -2.49. The molecule has 0 spiro atoms. The molecule has 2 aromatic carbocycles. The van der Waals surface area contributed by atoms with Crippen LogP contribution in [0.25, 0.3) is 21.9 Å². The molecule has 0 radical (unpaired) electrons. The second-order valence-corrected chi connectivity index (χ2v) is 5.81. The van der Waals surface area contributed by atoms with Crippen LogP contribution in [0, 0.1) is 0 Å². The van der Waals surface area contributed by atoms with E-state index in [0.29, 0.717) is 6.54 Å². The summed E-state index contributed by atoms with van der Waals surface area (Å²) in [6.45, 7) is 2.82. The minimum absolute atomic E-state index is 0.250. The van der Waals surface area contributed by atoms with Crippen LogP contribution < -0.4 is 4.74 Å². The summed E-state index contributed by atoms with van der Waals surface area (Å²) in [6, 6.07) is 12.1. The van der Waals surface area contributed by atoms with Gasteiger partial charge in [-0.2, -0.15) is 0 Å². The first kappa shape index (κ1) is 15.4. The normalized spacial score (nSPS) is 12.5. The van der Waals surface area contributed by atoms with E-state index < -0.39 is 0 Å². The van der Waals surface area contributed by atoms with Crippen molar-refractivity contribution in [3.63, 3.8) is 0 Å². The van der Waals surface area contributed by atoms with Gasteiger partial charge >= 0.3 is 0 Å². The molecule has 120 valence electrons. The molecule has 1 unspecified atom stereocenters. The summed E-state index contributed by atoms with van der Waals surface area (Å²) >= 11 is 0. The number of methoxy groups -OCH3 is 1. The molecule has 1 atom stereocenters. The molecule has 0 bridgehead atoms. The number of furan rings is 1. The Morgan fingerprint density at radius 1 is 1.26 bits per heavy atom. The van der Waals surface area contributed by atoms with Gasteiger partial charge in [-0.3, -0.25) is 4.79 Å². The van der Waals surface area contributed by atoms with Crippen LogP contribution in [0.4, 0.5) is 0 Å². The molecule has 3 aromatic rings. The standard InChI is InChI=1S/C19H21NO3/c1-4-13(11-20(2)12-21)14-9-10-17(22-3)19-18(14)15-7-5-6-8-16(15)23-19/h5-10,12-13H,4,11H2,1-3H3. The lowest BCUT2D eigenvalue weighted by molar-refractivity contribution is -0.117. The monoisotopic (exact) mass is 311 g/mol. The number of benzene rings is 2. The maximum atomic E-state index is 11.0. The summed E-state index contributed by atoms with van der Waals surface area (Å²) in [7, 11) is 3.46. The molecule has 3 rings (SSSR count). The summed E-state index contributed by atoms with van der Waals surface area (Å²) in [5, 5.41) is 2.18. The molecule has 0 N–H and O–H groups in total. The molecule has 1 aromatic heterocycles. The molecule has 0 aliphatic carbocycles. The third-order valence-corrected chi connectivity index (χ3v) is 4.36. The lowest BCUT2D eigenvalue weighted by Gasteiger charge is -2.21. The highest BCUT2D eigenvalue weighted by Crippen LogP contribution is 2.40. The van der Waals surface area contributed by atoms with Crippen molar-refractivity contribution in [3.05, 3.63) is 42.0 Å². The molecule has 1 heterocycles. The molecular weight excluding hydrogens is 290 g/mol. The zero-order valence-corrected chi connectivity index (χ0v) is 13.7. The van der Waals surface area contributed by atoms with Gasteiger partial charge in [0.1, 0.15) is 5.58 Å². The predicted octanol–water partition coefficient (Wildman–Crippen LogP) is 4.18. The highest BCUT2D eigenvalue weighted by atomic mass is 16.5. The number of nitrogens with zero attached hydrogens (tertiary/aromatic N) is 1. The molecule has 0 saturated heterocycles. The number of para-hydroxylation sites is 1. The Balaban J connectivity index is 2.25. The van der Waals surface area contributed by atoms with Gasteiger partial charge in [-0.15, -0.1) is 0 Å². The van der Waals surface area contributed by atoms with Crippen molar-refractivity contribution in [3.8, 4) is 5.75 Å². The van der Waals surface area contributed by atoms with Crippen molar-refractivity contribution < 1.29 is 13.9 Å². The highest BCUT2D eigenvalue weighted by Gasteiger charge is 2.20. The second-order valence-electron chi connectivity index (χ2n) is 5.81. The Morgan fingerprint density at radius 2 is 2.04 bits per heavy atom. The van der Waals surface area contributed by atoms with Crippen LogP contribution in [0.15, 0.2) is 40.8 Å². The number of hydrogen-bond donors (Lipinski definition) is 0. The quantitative estimate of drug-likeness (QED) is 0.641. The number of carbonyl (C=O) groups excluding carboxylic acids is 1. The summed E-state index contributed by atoms with van der Waals surface area (Å²) in [6.07, 6.45) is 1.82. The van der Waals surface area contributed by atoms with Crippen molar-refractivity contribution in [2.75, 3.05) is 20.7 Å². The second kappa shape index (κ2) is 6.32. The molecular formula is C19H21NO3. The van der Waals surface area contributed by atoms with Crippen LogP contribution in [-0.2, 0) is 4.79 Å². The maximum absolute atomic E-state index is 11.0. The summed E-state index contributed by atoms with van der Waals surface area (Å²) in [5.41, 5.74) is 2.83. The van der Waals surface area contributed by atoms with Gasteiger partial charge in [-0.05, 0) is 24.1 Å². The Kier molecular flexibility index (Phi) is 4.24. The molecule has 0 aliphatic heterocycles. The van der Waals surface area contributed by atoms with Crippen LogP contribution in [0.3, 0.4) is 0 Å². The van der Waals surface area contributed by atoms with E-state index in [9.17, 15) is 4.79 Å². The molecule has 4 nitrogen and oxygen atoms in total. The topological polar surface area (TPSA) is 42.7 Å². The number of carbonyl (C=O) groups is 1. The van der Waals surface area contributed by atoms with Crippen LogP contribution >= 0.6 is 0 Å². The van der Waals surface area contributed by atoms with Gasteiger partial charge in [0.15, 0.2) is 11.3 Å². The van der Waals surface area contributed by atoms with Crippen molar-refractivity contribution in [1.82, 2.24) is 4.90 Å². The van der Waals surface area contributed by atoms with E-state index in [0.717, 1.165) is 40.5 Å². The van der Waals surface area contributed by atoms with Gasteiger partial charge in [-0.25, -0.2) is 0 Å². The van der Waals surface area contributed by atoms with Gasteiger partial charge < -0.3 is 14.1 Å². The average molecular weight is 311 g/mol. The average Bonchev–Trinajstić information content (AvgIpc) is 2.98. The lowest BCUT2D eigenvalue weighted by Crippen LogP contribution is -2.23. The van der Waals surface area contributed by atoms with Gasteiger partial charge in [-0.1, -0.05) is 31.2 Å². The summed E-state index contributed by atoms with van der Waals surface area (Å²) < 4.78 is 11.5. The molecule has 0 fully saturated rings. The molecule has 0 aliphatic rings. The number of fused-ring (bicyclic) bond motifs is 3.